The highest BCUT2D eigenvalue weighted by Gasteiger charge is 2.10. The zero-order valence-electron chi connectivity index (χ0n) is 10.7. The lowest BCUT2D eigenvalue weighted by atomic mass is 9.99. The van der Waals surface area contributed by atoms with Gasteiger partial charge in [0.05, 0.1) is 0 Å². The van der Waals surface area contributed by atoms with E-state index in [1.54, 1.807) is 0 Å². The first kappa shape index (κ1) is 13.1. The van der Waals surface area contributed by atoms with Crippen LogP contribution in [-0.2, 0) is 6.42 Å². The second-order valence-electron chi connectivity index (χ2n) is 4.47. The van der Waals surface area contributed by atoms with Crippen LogP contribution in [0.3, 0.4) is 0 Å². The number of nitrogens with zero attached hydrogens (tertiary/aromatic N) is 1. The number of benzene rings is 1. The van der Waals surface area contributed by atoms with E-state index in [1.807, 2.05) is 37.6 Å². The smallest absolute Gasteiger partial charge is 0.0408 e. The van der Waals surface area contributed by atoms with Crippen molar-refractivity contribution in [2.45, 2.75) is 19.4 Å². The molecule has 0 aliphatic heterocycles. The van der Waals surface area contributed by atoms with Crippen molar-refractivity contribution in [3.05, 3.63) is 64.4 Å². The van der Waals surface area contributed by atoms with Crippen molar-refractivity contribution in [3.8, 4) is 0 Å². The van der Waals surface area contributed by atoms with Crippen LogP contribution in [0.1, 0.15) is 22.7 Å². The monoisotopic (exact) mass is 260 g/mol. The molecule has 0 aliphatic rings. The molecule has 94 valence electrons. The zero-order chi connectivity index (χ0) is 13.0. The third kappa shape index (κ3) is 3.31. The van der Waals surface area contributed by atoms with Gasteiger partial charge < -0.3 is 5.32 Å². The molecule has 0 saturated heterocycles. The van der Waals surface area contributed by atoms with E-state index in [4.69, 9.17) is 11.6 Å². The van der Waals surface area contributed by atoms with Gasteiger partial charge in [-0.15, -0.1) is 0 Å². The van der Waals surface area contributed by atoms with Gasteiger partial charge in [-0.25, -0.2) is 0 Å². The Morgan fingerprint density at radius 3 is 2.78 bits per heavy atom. The molecule has 0 fully saturated rings. The van der Waals surface area contributed by atoms with E-state index < -0.39 is 0 Å². The molecule has 0 saturated carbocycles. The Kier molecular flexibility index (Phi) is 4.34. The average Bonchev–Trinajstić information content (AvgIpc) is 2.36. The molecular weight excluding hydrogens is 244 g/mol. The van der Waals surface area contributed by atoms with Crippen LogP contribution in [-0.4, -0.2) is 12.0 Å². The fourth-order valence-corrected chi connectivity index (χ4v) is 2.27. The maximum absolute atomic E-state index is 6.01. The number of likely N-dealkylation sites (N-methyl/N-ethyl adjacent to an activating group) is 1. The van der Waals surface area contributed by atoms with Crippen molar-refractivity contribution in [3.63, 3.8) is 0 Å². The molecule has 1 atom stereocenters. The molecule has 1 N–H and O–H groups in total. The molecule has 1 unspecified atom stereocenters. The van der Waals surface area contributed by atoms with E-state index in [0.717, 1.165) is 11.4 Å². The molecule has 3 heteroatoms. The molecule has 1 aromatic carbocycles. The molecule has 0 amide bonds. The first-order valence-corrected chi connectivity index (χ1v) is 6.40. The van der Waals surface area contributed by atoms with Crippen LogP contribution in [0.4, 0.5) is 0 Å². The van der Waals surface area contributed by atoms with Crippen LogP contribution < -0.4 is 5.32 Å². The summed E-state index contributed by atoms with van der Waals surface area (Å²) in [5.41, 5.74) is 3.61. The normalized spacial score (nSPS) is 12.4. The Morgan fingerprint density at radius 1 is 1.28 bits per heavy atom. The van der Waals surface area contributed by atoms with Gasteiger partial charge in [-0.2, -0.15) is 0 Å². The number of rotatable bonds is 4. The second-order valence-corrected chi connectivity index (χ2v) is 4.91. The number of hydrogen-bond donors (Lipinski definition) is 1. The lowest BCUT2D eigenvalue weighted by Gasteiger charge is -2.17. The SMILES string of the molecule is CNC(Cc1cccc(Cl)c1)c1cncc(C)c1. The van der Waals surface area contributed by atoms with Gasteiger partial charge in [0.25, 0.3) is 0 Å². The summed E-state index contributed by atoms with van der Waals surface area (Å²) in [5, 5.41) is 4.11. The third-order valence-corrected chi connectivity index (χ3v) is 3.21. The first-order valence-electron chi connectivity index (χ1n) is 6.02. The molecule has 0 spiro atoms. The van der Waals surface area contributed by atoms with Gasteiger partial charge in [0.2, 0.25) is 0 Å². The molecule has 1 aromatic heterocycles. The lowest BCUT2D eigenvalue weighted by molar-refractivity contribution is 0.589. The fraction of sp³-hybridized carbons (Fsp3) is 0.267. The predicted molar refractivity (Wildman–Crippen MR) is 75.9 cm³/mol. The van der Waals surface area contributed by atoms with E-state index >= 15 is 0 Å². The summed E-state index contributed by atoms with van der Waals surface area (Å²) in [6.07, 6.45) is 4.69. The third-order valence-electron chi connectivity index (χ3n) is 2.98. The average molecular weight is 261 g/mol. The number of halogens is 1. The fourth-order valence-electron chi connectivity index (χ4n) is 2.06. The van der Waals surface area contributed by atoms with Crippen LogP contribution in [0.5, 0.6) is 0 Å². The highest BCUT2D eigenvalue weighted by atomic mass is 35.5. The number of hydrogen-bond acceptors (Lipinski definition) is 2. The van der Waals surface area contributed by atoms with Crippen molar-refractivity contribution in [1.82, 2.24) is 10.3 Å². The number of aryl methyl sites for hydroxylation is 1. The number of pyridine rings is 1. The highest BCUT2D eigenvalue weighted by molar-refractivity contribution is 6.30. The van der Waals surface area contributed by atoms with Crippen LogP contribution in [0.2, 0.25) is 5.02 Å². The summed E-state index contributed by atoms with van der Waals surface area (Å²) >= 11 is 6.01. The molecule has 2 rings (SSSR count). The van der Waals surface area contributed by atoms with Gasteiger partial charge in [0, 0.05) is 23.5 Å². The quantitative estimate of drug-likeness (QED) is 0.910. The van der Waals surface area contributed by atoms with Crippen molar-refractivity contribution < 1.29 is 0 Å². The molecule has 2 nitrogen and oxygen atoms in total. The maximum atomic E-state index is 6.01. The van der Waals surface area contributed by atoms with Gasteiger partial charge in [0.1, 0.15) is 0 Å². The Morgan fingerprint density at radius 2 is 2.11 bits per heavy atom. The van der Waals surface area contributed by atoms with Crippen molar-refractivity contribution in [1.29, 1.82) is 0 Å². The molecule has 0 radical (unpaired) electrons. The molecule has 0 bridgehead atoms. The van der Waals surface area contributed by atoms with Crippen molar-refractivity contribution in [2.24, 2.45) is 0 Å². The zero-order valence-corrected chi connectivity index (χ0v) is 11.4. The standard InChI is InChI=1S/C15H17ClN2/c1-11-6-13(10-18-9-11)15(17-2)8-12-4-3-5-14(16)7-12/h3-7,9-10,15,17H,8H2,1-2H3. The van der Waals surface area contributed by atoms with Crippen molar-refractivity contribution in [2.75, 3.05) is 7.05 Å². The van der Waals surface area contributed by atoms with Crippen LogP contribution >= 0.6 is 11.6 Å². The van der Waals surface area contributed by atoms with Crippen molar-refractivity contribution >= 4 is 11.6 Å². The van der Waals surface area contributed by atoms with E-state index in [1.165, 1.54) is 16.7 Å². The van der Waals surface area contributed by atoms with Gasteiger partial charge >= 0.3 is 0 Å². The maximum Gasteiger partial charge on any atom is 0.0408 e. The van der Waals surface area contributed by atoms with E-state index in [0.29, 0.717) is 0 Å². The van der Waals surface area contributed by atoms with Crippen LogP contribution in [0.25, 0.3) is 0 Å². The second kappa shape index (κ2) is 5.98. The number of nitrogens with one attached hydrogen (secondary N) is 1. The van der Waals surface area contributed by atoms with Crippen LogP contribution in [0, 0.1) is 6.92 Å². The van der Waals surface area contributed by atoms with Crippen LogP contribution in [0.15, 0.2) is 42.7 Å². The highest BCUT2D eigenvalue weighted by Crippen LogP contribution is 2.20. The Hall–Kier alpha value is -1.38. The Balaban J connectivity index is 2.19. The van der Waals surface area contributed by atoms with E-state index in [-0.39, 0.29) is 6.04 Å². The van der Waals surface area contributed by atoms with Gasteiger partial charge in [-0.3, -0.25) is 4.98 Å². The summed E-state index contributed by atoms with van der Waals surface area (Å²) < 4.78 is 0. The van der Waals surface area contributed by atoms with Gasteiger partial charge in [-0.05, 0) is 49.2 Å². The van der Waals surface area contributed by atoms with E-state index in [2.05, 4.69) is 29.4 Å². The molecule has 1 heterocycles. The van der Waals surface area contributed by atoms with E-state index in [9.17, 15) is 0 Å². The summed E-state index contributed by atoms with van der Waals surface area (Å²) in [6.45, 7) is 2.06. The van der Waals surface area contributed by atoms with Gasteiger partial charge in [0.15, 0.2) is 0 Å². The molecule has 2 aromatic rings. The van der Waals surface area contributed by atoms with Gasteiger partial charge in [-0.1, -0.05) is 29.8 Å². The minimum Gasteiger partial charge on any atom is -0.313 e. The topological polar surface area (TPSA) is 24.9 Å². The minimum absolute atomic E-state index is 0.260. The Bertz CT molecular complexity index is 525. The predicted octanol–water partition coefficient (Wildman–Crippen LogP) is 3.55. The Labute approximate surface area is 113 Å². The summed E-state index contributed by atoms with van der Waals surface area (Å²) in [7, 11) is 1.97. The minimum atomic E-state index is 0.260. The summed E-state index contributed by atoms with van der Waals surface area (Å²) in [6, 6.07) is 10.4. The molecule has 18 heavy (non-hydrogen) atoms. The summed E-state index contributed by atoms with van der Waals surface area (Å²) in [4.78, 5) is 4.25. The largest absolute Gasteiger partial charge is 0.313 e. The first-order chi connectivity index (χ1) is 8.69. The summed E-state index contributed by atoms with van der Waals surface area (Å²) in [5.74, 6) is 0. The molecule has 0 aliphatic carbocycles. The number of aromatic nitrogens is 1. The molecular formula is C15H17ClN2. The lowest BCUT2D eigenvalue weighted by Crippen LogP contribution is -2.19.